The van der Waals surface area contributed by atoms with Crippen molar-refractivity contribution < 1.29 is 4.39 Å². The summed E-state index contributed by atoms with van der Waals surface area (Å²) in [5.41, 5.74) is 0.765. The van der Waals surface area contributed by atoms with E-state index in [1.165, 1.54) is 6.07 Å². The maximum atomic E-state index is 13.1. The van der Waals surface area contributed by atoms with E-state index in [9.17, 15) is 4.39 Å². The molecule has 0 fully saturated rings. The van der Waals surface area contributed by atoms with E-state index in [0.29, 0.717) is 5.02 Å². The highest BCUT2D eigenvalue weighted by Crippen LogP contribution is 2.16. The summed E-state index contributed by atoms with van der Waals surface area (Å²) in [6, 6.07) is 4.86. The van der Waals surface area contributed by atoms with Crippen molar-refractivity contribution in [3.05, 3.63) is 34.6 Å². The molecule has 0 spiro atoms. The molecule has 1 rings (SSSR count). The van der Waals surface area contributed by atoms with E-state index in [1.807, 2.05) is 0 Å². The van der Waals surface area contributed by atoms with Crippen molar-refractivity contribution in [1.29, 1.82) is 0 Å². The summed E-state index contributed by atoms with van der Waals surface area (Å²) >= 11 is 5.61. The van der Waals surface area contributed by atoms with Gasteiger partial charge >= 0.3 is 0 Å². The second-order valence-corrected chi connectivity index (χ2v) is 3.28. The van der Waals surface area contributed by atoms with E-state index < -0.39 is 0 Å². The van der Waals surface area contributed by atoms with Crippen LogP contribution in [-0.4, -0.2) is 0 Å². The number of aryl methyl sites for hydroxylation is 1. The van der Waals surface area contributed by atoms with Crippen molar-refractivity contribution >= 4 is 11.6 Å². The monoisotopic (exact) mass is 186 g/mol. The quantitative estimate of drug-likeness (QED) is 0.673. The van der Waals surface area contributed by atoms with Gasteiger partial charge in [-0.05, 0) is 30.5 Å². The molecule has 0 aliphatic carbocycles. The molecule has 0 radical (unpaired) electrons. The summed E-state index contributed by atoms with van der Waals surface area (Å²) in [5, 5.41) is 0.466. The maximum absolute atomic E-state index is 13.1. The Morgan fingerprint density at radius 2 is 2.17 bits per heavy atom. The van der Waals surface area contributed by atoms with Crippen LogP contribution in [0.1, 0.15) is 25.3 Å². The standard InChI is InChI=1S/C10H12ClF/c1-2-3-4-8-5-6-9(11)7-10(8)12/h5-7H,2-4H2,1H3. The van der Waals surface area contributed by atoms with E-state index in [2.05, 4.69) is 6.92 Å². The fourth-order valence-electron chi connectivity index (χ4n) is 1.09. The number of hydrogen-bond acceptors (Lipinski definition) is 0. The van der Waals surface area contributed by atoms with E-state index >= 15 is 0 Å². The summed E-state index contributed by atoms with van der Waals surface area (Å²) in [5.74, 6) is -0.184. The molecule has 1 aromatic rings. The largest absolute Gasteiger partial charge is 0.207 e. The molecule has 0 saturated heterocycles. The summed E-state index contributed by atoms with van der Waals surface area (Å²) in [6.45, 7) is 2.09. The highest BCUT2D eigenvalue weighted by atomic mass is 35.5. The van der Waals surface area contributed by atoms with Gasteiger partial charge in [-0.2, -0.15) is 0 Å². The number of unbranched alkanes of at least 4 members (excludes halogenated alkanes) is 1. The van der Waals surface area contributed by atoms with Crippen molar-refractivity contribution in [2.45, 2.75) is 26.2 Å². The molecule has 0 heterocycles. The summed E-state index contributed by atoms with van der Waals surface area (Å²) in [7, 11) is 0. The fraction of sp³-hybridized carbons (Fsp3) is 0.400. The third-order valence-electron chi connectivity index (χ3n) is 1.81. The van der Waals surface area contributed by atoms with Gasteiger partial charge in [-0.25, -0.2) is 4.39 Å². The molecule has 0 aliphatic rings. The van der Waals surface area contributed by atoms with Crippen LogP contribution in [-0.2, 0) is 6.42 Å². The van der Waals surface area contributed by atoms with E-state index in [4.69, 9.17) is 11.6 Å². The lowest BCUT2D eigenvalue weighted by Gasteiger charge is -2.01. The van der Waals surface area contributed by atoms with Gasteiger partial charge in [-0.1, -0.05) is 31.0 Å². The first kappa shape index (κ1) is 9.53. The van der Waals surface area contributed by atoms with Crippen molar-refractivity contribution in [2.75, 3.05) is 0 Å². The lowest BCUT2D eigenvalue weighted by Crippen LogP contribution is -1.89. The van der Waals surface area contributed by atoms with Crippen molar-refractivity contribution in [1.82, 2.24) is 0 Å². The maximum Gasteiger partial charge on any atom is 0.127 e. The molecule has 0 unspecified atom stereocenters. The van der Waals surface area contributed by atoms with Crippen LogP contribution in [0.25, 0.3) is 0 Å². The van der Waals surface area contributed by atoms with Gasteiger partial charge in [-0.3, -0.25) is 0 Å². The van der Waals surface area contributed by atoms with Crippen LogP contribution in [0.5, 0.6) is 0 Å². The van der Waals surface area contributed by atoms with Gasteiger partial charge < -0.3 is 0 Å². The minimum atomic E-state index is -0.184. The molecule has 0 saturated carbocycles. The SMILES string of the molecule is CCCCc1ccc(Cl)cc1F. The Balaban J connectivity index is 2.72. The van der Waals surface area contributed by atoms with Gasteiger partial charge in [0.2, 0.25) is 0 Å². The number of benzene rings is 1. The van der Waals surface area contributed by atoms with Crippen LogP contribution < -0.4 is 0 Å². The van der Waals surface area contributed by atoms with Gasteiger partial charge in [0.05, 0.1) is 0 Å². The topological polar surface area (TPSA) is 0 Å². The molecule has 66 valence electrons. The van der Waals surface area contributed by atoms with Crippen molar-refractivity contribution in [3.63, 3.8) is 0 Å². The van der Waals surface area contributed by atoms with Crippen LogP contribution in [0.3, 0.4) is 0 Å². The fourth-order valence-corrected chi connectivity index (χ4v) is 1.25. The minimum absolute atomic E-state index is 0.184. The molecule has 0 nitrogen and oxygen atoms in total. The van der Waals surface area contributed by atoms with Crippen LogP contribution in [0, 0.1) is 5.82 Å². The van der Waals surface area contributed by atoms with Crippen LogP contribution in [0.15, 0.2) is 18.2 Å². The molecule has 0 N–H and O–H groups in total. The molecule has 0 aliphatic heterocycles. The first-order valence-corrected chi connectivity index (χ1v) is 4.55. The van der Waals surface area contributed by atoms with Crippen molar-refractivity contribution in [2.24, 2.45) is 0 Å². The van der Waals surface area contributed by atoms with E-state index in [0.717, 1.165) is 24.8 Å². The summed E-state index contributed by atoms with van der Waals surface area (Å²) in [4.78, 5) is 0. The minimum Gasteiger partial charge on any atom is -0.207 e. The second kappa shape index (κ2) is 4.46. The Morgan fingerprint density at radius 3 is 2.75 bits per heavy atom. The predicted octanol–water partition coefficient (Wildman–Crippen LogP) is 3.82. The van der Waals surface area contributed by atoms with Gasteiger partial charge in [0.15, 0.2) is 0 Å². The van der Waals surface area contributed by atoms with Gasteiger partial charge in [0.1, 0.15) is 5.82 Å². The van der Waals surface area contributed by atoms with Gasteiger partial charge in [0.25, 0.3) is 0 Å². The first-order valence-electron chi connectivity index (χ1n) is 4.18. The number of halogens is 2. The van der Waals surface area contributed by atoms with Crippen LogP contribution >= 0.6 is 11.6 Å². The van der Waals surface area contributed by atoms with E-state index in [1.54, 1.807) is 12.1 Å². The molecule has 0 aromatic heterocycles. The summed E-state index contributed by atoms with van der Waals surface area (Å²) < 4.78 is 13.1. The molecule has 1 aromatic carbocycles. The number of rotatable bonds is 3. The van der Waals surface area contributed by atoms with E-state index in [-0.39, 0.29) is 5.82 Å². The molecule has 12 heavy (non-hydrogen) atoms. The normalized spacial score (nSPS) is 10.2. The highest BCUT2D eigenvalue weighted by Gasteiger charge is 2.01. The molecule has 0 amide bonds. The third kappa shape index (κ3) is 2.49. The molecule has 2 heteroatoms. The van der Waals surface area contributed by atoms with Gasteiger partial charge in [-0.15, -0.1) is 0 Å². The van der Waals surface area contributed by atoms with Crippen molar-refractivity contribution in [3.8, 4) is 0 Å². The molecular weight excluding hydrogens is 175 g/mol. The van der Waals surface area contributed by atoms with Crippen LogP contribution in [0.2, 0.25) is 5.02 Å². The zero-order chi connectivity index (χ0) is 8.97. The average Bonchev–Trinajstić information content (AvgIpc) is 2.03. The molecular formula is C10H12ClF. The highest BCUT2D eigenvalue weighted by molar-refractivity contribution is 6.30. The Kier molecular flexibility index (Phi) is 3.54. The Labute approximate surface area is 77.4 Å². The zero-order valence-electron chi connectivity index (χ0n) is 7.11. The second-order valence-electron chi connectivity index (χ2n) is 2.84. The smallest absolute Gasteiger partial charge is 0.127 e. The summed E-state index contributed by atoms with van der Waals surface area (Å²) in [6.07, 6.45) is 2.92. The average molecular weight is 187 g/mol. The Bertz CT molecular complexity index is 258. The Morgan fingerprint density at radius 1 is 1.42 bits per heavy atom. The lowest BCUT2D eigenvalue weighted by molar-refractivity contribution is 0.603. The predicted molar refractivity (Wildman–Crippen MR) is 50.0 cm³/mol. The zero-order valence-corrected chi connectivity index (χ0v) is 7.87. The Hall–Kier alpha value is -0.560. The number of hydrogen-bond donors (Lipinski definition) is 0. The van der Waals surface area contributed by atoms with Crippen LogP contribution in [0.4, 0.5) is 4.39 Å². The van der Waals surface area contributed by atoms with Gasteiger partial charge in [0, 0.05) is 5.02 Å². The molecule has 0 bridgehead atoms. The third-order valence-corrected chi connectivity index (χ3v) is 2.05. The first-order chi connectivity index (χ1) is 5.74. The lowest BCUT2D eigenvalue weighted by atomic mass is 10.1. The molecule has 0 atom stereocenters.